The lowest BCUT2D eigenvalue weighted by Gasteiger charge is -2.29. The molecule has 0 aromatic heterocycles. The zero-order chi connectivity index (χ0) is 10.2. The smallest absolute Gasteiger partial charge is 0.214 e. The summed E-state index contributed by atoms with van der Waals surface area (Å²) in [6.07, 6.45) is 3.16. The van der Waals surface area contributed by atoms with Crippen molar-refractivity contribution in [2.24, 2.45) is 5.92 Å². The van der Waals surface area contributed by atoms with Gasteiger partial charge in [0.2, 0.25) is 10.0 Å². The Morgan fingerprint density at radius 3 is 2.57 bits per heavy atom. The molecule has 1 unspecified atom stereocenters. The van der Waals surface area contributed by atoms with Gasteiger partial charge in [0, 0.05) is 13.1 Å². The van der Waals surface area contributed by atoms with E-state index in [1.807, 2.05) is 0 Å². The van der Waals surface area contributed by atoms with Crippen LogP contribution in [0.3, 0.4) is 0 Å². The highest BCUT2D eigenvalue weighted by Gasteiger charge is 2.33. The third-order valence-electron chi connectivity index (χ3n) is 2.90. The van der Waals surface area contributed by atoms with Crippen molar-refractivity contribution in [3.63, 3.8) is 0 Å². The maximum atomic E-state index is 11.8. The summed E-state index contributed by atoms with van der Waals surface area (Å²) < 4.78 is 25.1. The normalized spacial score (nSPS) is 30.5. The van der Waals surface area contributed by atoms with E-state index >= 15 is 0 Å². The van der Waals surface area contributed by atoms with Gasteiger partial charge in [-0.1, -0.05) is 0 Å². The standard InChI is InChI=1S/C9H17NO3S/c11-9-2-1-5-10(6-9)14(12,13)7-8-3-4-8/h8-9,11H,1-7H2. The summed E-state index contributed by atoms with van der Waals surface area (Å²) in [6.45, 7) is 0.890. The molecule has 0 aromatic carbocycles. The van der Waals surface area contributed by atoms with Gasteiger partial charge >= 0.3 is 0 Å². The zero-order valence-electron chi connectivity index (χ0n) is 8.22. The fourth-order valence-electron chi connectivity index (χ4n) is 1.86. The van der Waals surface area contributed by atoms with Crippen molar-refractivity contribution in [3.8, 4) is 0 Å². The number of hydrogen-bond acceptors (Lipinski definition) is 3. The number of sulfonamides is 1. The van der Waals surface area contributed by atoms with E-state index in [-0.39, 0.29) is 0 Å². The summed E-state index contributed by atoms with van der Waals surface area (Å²) in [5, 5.41) is 9.39. The maximum Gasteiger partial charge on any atom is 0.214 e. The molecular weight excluding hydrogens is 202 g/mol. The molecule has 0 aromatic rings. The SMILES string of the molecule is O=S(=O)(CC1CC1)N1CCCC(O)C1. The van der Waals surface area contributed by atoms with Gasteiger partial charge in [0.05, 0.1) is 11.9 Å². The fraction of sp³-hybridized carbons (Fsp3) is 1.00. The van der Waals surface area contributed by atoms with Gasteiger partial charge in [0.25, 0.3) is 0 Å². The summed E-state index contributed by atoms with van der Waals surface area (Å²) in [7, 11) is -3.08. The van der Waals surface area contributed by atoms with Crippen LogP contribution in [0.2, 0.25) is 0 Å². The van der Waals surface area contributed by atoms with Gasteiger partial charge in [-0.2, -0.15) is 4.31 Å². The van der Waals surface area contributed by atoms with Crippen LogP contribution in [0.4, 0.5) is 0 Å². The van der Waals surface area contributed by atoms with Gasteiger partial charge in [-0.15, -0.1) is 0 Å². The average molecular weight is 219 g/mol. The predicted octanol–water partition coefficient (Wildman–Crippen LogP) is 0.183. The monoisotopic (exact) mass is 219 g/mol. The van der Waals surface area contributed by atoms with Crippen LogP contribution in [0.1, 0.15) is 25.7 Å². The van der Waals surface area contributed by atoms with Gasteiger partial charge in [0.1, 0.15) is 0 Å². The molecular formula is C9H17NO3S. The molecule has 0 spiro atoms. The highest BCUT2D eigenvalue weighted by Crippen LogP contribution is 2.31. The summed E-state index contributed by atoms with van der Waals surface area (Å²) in [4.78, 5) is 0. The van der Waals surface area contributed by atoms with Crippen molar-refractivity contribution in [2.75, 3.05) is 18.8 Å². The molecule has 1 saturated carbocycles. The molecule has 14 heavy (non-hydrogen) atoms. The third-order valence-corrected chi connectivity index (χ3v) is 4.91. The van der Waals surface area contributed by atoms with Gasteiger partial charge < -0.3 is 5.11 Å². The summed E-state index contributed by atoms with van der Waals surface area (Å²) >= 11 is 0. The first-order valence-corrected chi connectivity index (χ1v) is 6.85. The van der Waals surface area contributed by atoms with Crippen LogP contribution in [0, 0.1) is 5.92 Å². The molecule has 1 heterocycles. The van der Waals surface area contributed by atoms with Crippen LogP contribution in [0.5, 0.6) is 0 Å². The molecule has 0 amide bonds. The first-order chi connectivity index (χ1) is 6.58. The second-order valence-corrected chi connectivity index (χ2v) is 6.39. The maximum absolute atomic E-state index is 11.8. The Bertz CT molecular complexity index is 297. The lowest BCUT2D eigenvalue weighted by molar-refractivity contribution is 0.108. The van der Waals surface area contributed by atoms with E-state index in [4.69, 9.17) is 0 Å². The van der Waals surface area contributed by atoms with Crippen LogP contribution in [-0.2, 0) is 10.0 Å². The van der Waals surface area contributed by atoms with Crippen molar-refractivity contribution in [1.82, 2.24) is 4.31 Å². The minimum Gasteiger partial charge on any atom is -0.392 e. The fourth-order valence-corrected chi connectivity index (χ4v) is 3.81. The highest BCUT2D eigenvalue weighted by atomic mass is 32.2. The second-order valence-electron chi connectivity index (χ2n) is 4.38. The Kier molecular flexibility index (Phi) is 2.81. The number of β-amino-alcohol motifs (C(OH)–C–C–N with tert-alkyl or cyclic N) is 1. The van der Waals surface area contributed by atoms with E-state index in [0.717, 1.165) is 25.7 Å². The van der Waals surface area contributed by atoms with E-state index in [1.54, 1.807) is 0 Å². The quantitative estimate of drug-likeness (QED) is 0.737. The Morgan fingerprint density at radius 1 is 1.29 bits per heavy atom. The van der Waals surface area contributed by atoms with Crippen LogP contribution >= 0.6 is 0 Å². The van der Waals surface area contributed by atoms with E-state index < -0.39 is 16.1 Å². The lowest BCUT2D eigenvalue weighted by atomic mass is 10.1. The van der Waals surface area contributed by atoms with Crippen molar-refractivity contribution in [3.05, 3.63) is 0 Å². The van der Waals surface area contributed by atoms with E-state index in [0.29, 0.717) is 24.8 Å². The molecule has 1 aliphatic heterocycles. The van der Waals surface area contributed by atoms with Gasteiger partial charge in [0.15, 0.2) is 0 Å². The lowest BCUT2D eigenvalue weighted by Crippen LogP contribution is -2.43. The molecule has 1 aliphatic carbocycles. The number of aliphatic hydroxyl groups excluding tert-OH is 1. The van der Waals surface area contributed by atoms with Gasteiger partial charge in [-0.05, 0) is 31.6 Å². The van der Waals surface area contributed by atoms with E-state index in [2.05, 4.69) is 0 Å². The molecule has 5 heteroatoms. The topological polar surface area (TPSA) is 57.6 Å². The average Bonchev–Trinajstić information content (AvgIpc) is 2.87. The van der Waals surface area contributed by atoms with Crippen molar-refractivity contribution in [2.45, 2.75) is 31.8 Å². The summed E-state index contributed by atoms with van der Waals surface area (Å²) in [5.41, 5.74) is 0. The van der Waals surface area contributed by atoms with Crippen LogP contribution in [-0.4, -0.2) is 42.8 Å². The third kappa shape index (κ3) is 2.46. The van der Waals surface area contributed by atoms with Crippen LogP contribution in [0.25, 0.3) is 0 Å². The predicted molar refractivity (Wildman–Crippen MR) is 53.3 cm³/mol. The molecule has 1 saturated heterocycles. The van der Waals surface area contributed by atoms with E-state index in [1.165, 1.54) is 4.31 Å². The molecule has 2 fully saturated rings. The second kappa shape index (κ2) is 3.79. The molecule has 2 rings (SSSR count). The number of aliphatic hydroxyl groups is 1. The Morgan fingerprint density at radius 2 is 2.00 bits per heavy atom. The minimum absolute atomic E-state index is 0.291. The first-order valence-electron chi connectivity index (χ1n) is 5.24. The molecule has 82 valence electrons. The van der Waals surface area contributed by atoms with Gasteiger partial charge in [-0.3, -0.25) is 0 Å². The first kappa shape index (κ1) is 10.4. The highest BCUT2D eigenvalue weighted by molar-refractivity contribution is 7.89. The summed E-state index contributed by atoms with van der Waals surface area (Å²) in [5.74, 6) is 0.679. The Hall–Kier alpha value is -0.130. The van der Waals surface area contributed by atoms with Crippen LogP contribution < -0.4 is 0 Å². The Labute approximate surface area is 85.0 Å². The number of rotatable bonds is 3. The zero-order valence-corrected chi connectivity index (χ0v) is 9.04. The van der Waals surface area contributed by atoms with Crippen molar-refractivity contribution in [1.29, 1.82) is 0 Å². The van der Waals surface area contributed by atoms with Crippen molar-refractivity contribution < 1.29 is 13.5 Å². The molecule has 0 radical (unpaired) electrons. The Balaban J connectivity index is 1.97. The molecule has 2 aliphatic rings. The van der Waals surface area contributed by atoms with Crippen LogP contribution in [0.15, 0.2) is 0 Å². The largest absolute Gasteiger partial charge is 0.392 e. The number of hydrogen-bond donors (Lipinski definition) is 1. The number of piperidine rings is 1. The van der Waals surface area contributed by atoms with E-state index in [9.17, 15) is 13.5 Å². The van der Waals surface area contributed by atoms with Gasteiger partial charge in [-0.25, -0.2) is 8.42 Å². The van der Waals surface area contributed by atoms with Crippen molar-refractivity contribution >= 4 is 10.0 Å². The number of nitrogens with zero attached hydrogens (tertiary/aromatic N) is 1. The minimum atomic E-state index is -3.08. The molecule has 4 nitrogen and oxygen atoms in total. The molecule has 1 N–H and O–H groups in total. The molecule has 0 bridgehead atoms. The molecule has 1 atom stereocenters. The summed E-state index contributed by atoms with van der Waals surface area (Å²) in [6, 6.07) is 0.